The van der Waals surface area contributed by atoms with E-state index in [1.807, 2.05) is 0 Å². The van der Waals surface area contributed by atoms with E-state index >= 15 is 0 Å². The maximum absolute atomic E-state index is 5.52. The summed E-state index contributed by atoms with van der Waals surface area (Å²) < 4.78 is 0. The van der Waals surface area contributed by atoms with Gasteiger partial charge in [-0.25, -0.2) is 9.97 Å². The molecule has 0 saturated heterocycles. The van der Waals surface area contributed by atoms with Crippen LogP contribution in [0.2, 0.25) is 0 Å². The van der Waals surface area contributed by atoms with Crippen LogP contribution in [0.5, 0.6) is 0 Å². The van der Waals surface area contributed by atoms with Gasteiger partial charge in [0, 0.05) is 0 Å². The van der Waals surface area contributed by atoms with Crippen molar-refractivity contribution in [3.05, 3.63) is 166 Å². The van der Waals surface area contributed by atoms with E-state index in [9.17, 15) is 0 Å². The molecule has 7 aromatic rings. The van der Waals surface area contributed by atoms with Gasteiger partial charge in [0.1, 0.15) is 0 Å². The normalized spacial score (nSPS) is 12.8. The second-order valence-corrected chi connectivity index (χ2v) is 25.5. The van der Waals surface area contributed by atoms with E-state index in [0.29, 0.717) is 0 Å². The molecule has 4 aromatic carbocycles. The molecule has 2 aliphatic heterocycles. The SMILES string of the molecule is CC(C)(C)c1ccc(-c2c3nc(c(-c4ccc(C(C)(C)C)cc4)c4ccc([n-]4)c(-c4ccc(C(C)(C)C)cc4)c4nc(c(-c5ccc(C(C)(C)C)cc5)c5ccc2[n-]5)C=C4)C=C3)cc1.[Cl][Zr][Cl]. The molecule has 67 heavy (non-hydrogen) atoms. The molecule has 0 radical (unpaired) electrons. The summed E-state index contributed by atoms with van der Waals surface area (Å²) in [6.07, 6.45) is 8.60. The van der Waals surface area contributed by atoms with E-state index < -0.39 is 20.8 Å². The van der Waals surface area contributed by atoms with Gasteiger partial charge in [0.25, 0.3) is 0 Å². The minimum atomic E-state index is -0.826. The molecule has 0 atom stereocenters. The number of hydrogen-bond donors (Lipinski definition) is 0. The molecule has 0 aliphatic carbocycles. The van der Waals surface area contributed by atoms with E-state index in [1.54, 1.807) is 0 Å². The number of halogens is 2. The predicted molar refractivity (Wildman–Crippen MR) is 285 cm³/mol. The Morgan fingerprint density at radius 3 is 0.657 bits per heavy atom. The number of fused-ring (bicyclic) bond motifs is 8. The molecule has 8 bridgehead atoms. The first-order valence-electron chi connectivity index (χ1n) is 23.1. The number of rotatable bonds is 4. The summed E-state index contributed by atoms with van der Waals surface area (Å²) in [5.41, 5.74) is 20.3. The van der Waals surface area contributed by atoms with E-state index in [0.717, 1.165) is 89.4 Å². The second-order valence-electron chi connectivity index (χ2n) is 21.7. The summed E-state index contributed by atoms with van der Waals surface area (Å²) in [5, 5.41) is 0. The van der Waals surface area contributed by atoms with Gasteiger partial charge < -0.3 is 9.97 Å². The zero-order valence-corrected chi connectivity index (χ0v) is 44.9. The summed E-state index contributed by atoms with van der Waals surface area (Å²) in [4.78, 5) is 22.1. The molecule has 0 spiro atoms. The monoisotopic (exact) mass is 996 g/mol. The van der Waals surface area contributed by atoms with Crippen LogP contribution in [-0.4, -0.2) is 9.97 Å². The van der Waals surface area contributed by atoms with Gasteiger partial charge in [-0.05, 0) is 113 Å². The summed E-state index contributed by atoms with van der Waals surface area (Å²) in [5.74, 6) is 0. The van der Waals surface area contributed by atoms with Gasteiger partial charge in [0.05, 0.1) is 22.8 Å². The van der Waals surface area contributed by atoms with Crippen LogP contribution in [0.25, 0.3) is 90.9 Å². The van der Waals surface area contributed by atoms with Gasteiger partial charge in [-0.2, -0.15) is 0 Å². The van der Waals surface area contributed by atoms with Gasteiger partial charge in [-0.15, -0.1) is 22.1 Å². The Bertz CT molecular complexity index is 2740. The Morgan fingerprint density at radius 2 is 0.493 bits per heavy atom. The first-order valence-corrected chi connectivity index (χ1v) is 29.4. The standard InChI is InChI=1S/C60H60N4.2ClH.Zr/c1-57(2,3)41-21-13-37(14-22-41)53-45-29-31-47(61-45)54(38-15-23-42(24-16-38)58(4,5)6)49-33-35-51(63-49)56(40-19-27-44(28-20-40)60(10,11)12)52-36-34-50(64-52)55(48-32-30-46(53)62-48)39-17-25-43(26-18-39)59(7,8)9;;;/h13-36H,1-12H3;2*1H;/q-2;;;+2/p-2. The fourth-order valence-corrected chi connectivity index (χ4v) is 8.82. The molecule has 0 amide bonds. The Labute approximate surface area is 416 Å². The van der Waals surface area contributed by atoms with Crippen molar-refractivity contribution in [1.82, 2.24) is 19.9 Å². The third-order valence-corrected chi connectivity index (χ3v) is 12.8. The van der Waals surface area contributed by atoms with Crippen molar-refractivity contribution in [3.63, 3.8) is 0 Å². The average Bonchev–Trinajstić information content (AvgIpc) is 4.12. The average molecular weight is 999 g/mol. The van der Waals surface area contributed by atoms with Crippen molar-refractivity contribution < 1.29 is 20.8 Å². The van der Waals surface area contributed by atoms with E-state index in [4.69, 9.17) is 37.0 Å². The molecular formula is C60H60Cl2N4Zr-2. The third kappa shape index (κ3) is 10.4. The molecular weight excluding hydrogens is 939 g/mol. The molecule has 0 N–H and O–H groups in total. The van der Waals surface area contributed by atoms with Gasteiger partial charge >= 0.3 is 37.9 Å². The fourth-order valence-electron chi connectivity index (χ4n) is 8.82. The van der Waals surface area contributed by atoms with Crippen LogP contribution in [0.15, 0.2) is 121 Å². The third-order valence-electron chi connectivity index (χ3n) is 12.8. The van der Waals surface area contributed by atoms with Crippen molar-refractivity contribution in [2.75, 3.05) is 0 Å². The van der Waals surface area contributed by atoms with Crippen molar-refractivity contribution in [3.8, 4) is 44.5 Å². The molecule has 0 unspecified atom stereocenters. The predicted octanol–water partition coefficient (Wildman–Crippen LogP) is 17.1. The molecule has 3 aromatic heterocycles. The van der Waals surface area contributed by atoms with Crippen LogP contribution in [0.3, 0.4) is 0 Å². The van der Waals surface area contributed by atoms with Crippen LogP contribution >= 0.6 is 17.0 Å². The van der Waals surface area contributed by atoms with Crippen molar-refractivity contribution in [2.45, 2.75) is 105 Å². The van der Waals surface area contributed by atoms with E-state index in [-0.39, 0.29) is 21.7 Å². The van der Waals surface area contributed by atoms with E-state index in [1.165, 1.54) is 22.3 Å². The molecule has 7 heteroatoms. The molecule has 4 nitrogen and oxygen atoms in total. The fraction of sp³-hybridized carbons (Fsp3) is 0.267. The first-order chi connectivity index (χ1) is 31.6. The molecule has 5 heterocycles. The van der Waals surface area contributed by atoms with Crippen LogP contribution in [0.4, 0.5) is 0 Å². The van der Waals surface area contributed by atoms with Crippen molar-refractivity contribution in [1.29, 1.82) is 0 Å². The van der Waals surface area contributed by atoms with Crippen LogP contribution in [0.1, 0.15) is 128 Å². The quantitative estimate of drug-likeness (QED) is 0.176. The maximum atomic E-state index is 5.52. The molecule has 0 fully saturated rings. The topological polar surface area (TPSA) is 54.0 Å². The Balaban J connectivity index is 0.00000198. The molecule has 9 rings (SSSR count). The second kappa shape index (κ2) is 18.8. The van der Waals surface area contributed by atoms with Crippen molar-refractivity contribution >= 4 is 63.4 Å². The molecule has 0 saturated carbocycles. The summed E-state index contributed by atoms with van der Waals surface area (Å²) in [7, 11) is 9.87. The molecule has 2 aliphatic rings. The zero-order chi connectivity index (χ0) is 48.1. The summed E-state index contributed by atoms with van der Waals surface area (Å²) >= 11 is -0.826. The van der Waals surface area contributed by atoms with Gasteiger partial charge in [-0.1, -0.05) is 204 Å². The first kappa shape index (κ1) is 48.4. The van der Waals surface area contributed by atoms with Gasteiger partial charge in [0.15, 0.2) is 0 Å². The number of hydrogen-bond acceptors (Lipinski definition) is 2. The number of benzene rings is 4. The zero-order valence-electron chi connectivity index (χ0n) is 40.9. The van der Waals surface area contributed by atoms with Gasteiger partial charge in [-0.3, -0.25) is 0 Å². The van der Waals surface area contributed by atoms with E-state index in [2.05, 4.69) is 229 Å². The minimum absolute atomic E-state index is 0.0177. The Kier molecular flexibility index (Phi) is 13.6. The van der Waals surface area contributed by atoms with Crippen molar-refractivity contribution in [2.24, 2.45) is 0 Å². The summed E-state index contributed by atoms with van der Waals surface area (Å²) in [6.45, 7) is 27.0. The van der Waals surface area contributed by atoms with Gasteiger partial charge in [0.2, 0.25) is 0 Å². The number of aromatic nitrogens is 4. The molecule has 340 valence electrons. The number of nitrogens with zero attached hydrogens (tertiary/aromatic N) is 4. The van der Waals surface area contributed by atoms with Crippen LogP contribution in [0, 0.1) is 0 Å². The van der Waals surface area contributed by atoms with Crippen LogP contribution in [-0.2, 0) is 42.5 Å². The Morgan fingerprint density at radius 1 is 0.313 bits per heavy atom. The van der Waals surface area contributed by atoms with Crippen LogP contribution < -0.4 is 9.97 Å². The summed E-state index contributed by atoms with van der Waals surface area (Å²) in [6, 6.07) is 44.4. The Hall–Kier alpha value is -5.06.